The van der Waals surface area contributed by atoms with E-state index in [-0.39, 0.29) is 17.8 Å². The third-order valence-corrected chi connectivity index (χ3v) is 7.74. The molecule has 42 heavy (non-hydrogen) atoms. The van der Waals surface area contributed by atoms with Crippen molar-refractivity contribution in [1.82, 2.24) is 24.7 Å². The lowest BCUT2D eigenvalue weighted by Crippen LogP contribution is -2.49. The summed E-state index contributed by atoms with van der Waals surface area (Å²) in [7, 11) is 8.01. The Morgan fingerprint density at radius 3 is 2.52 bits per heavy atom. The number of aromatic hydroxyl groups is 1. The molecule has 1 fully saturated rings. The lowest BCUT2D eigenvalue weighted by atomic mass is 10.0. The average Bonchev–Trinajstić information content (AvgIpc) is 2.95. The third kappa shape index (κ3) is 6.94. The second kappa shape index (κ2) is 13.0. The van der Waals surface area contributed by atoms with Crippen LogP contribution in [0, 0.1) is 0 Å². The third-order valence-electron chi connectivity index (χ3n) is 7.74. The SMILES string of the molecule is CC(CN(C)C)Oc1nc2c(c(N3CCN(C(=O)/C=C/CN(C)C)CC3)n1)CCN(c1cc(O)cc3ccccc13)C2. The molecule has 3 heterocycles. The molecule has 0 saturated carbocycles. The van der Waals surface area contributed by atoms with E-state index in [9.17, 15) is 9.90 Å². The molecule has 2 aliphatic rings. The first-order valence-electron chi connectivity index (χ1n) is 14.7. The number of hydrogen-bond acceptors (Lipinski definition) is 9. The predicted molar refractivity (Wildman–Crippen MR) is 168 cm³/mol. The monoisotopic (exact) mass is 573 g/mol. The van der Waals surface area contributed by atoms with Crippen LogP contribution < -0.4 is 14.5 Å². The van der Waals surface area contributed by atoms with Crippen LogP contribution in [0.3, 0.4) is 0 Å². The first-order valence-corrected chi connectivity index (χ1v) is 14.7. The lowest BCUT2D eigenvalue weighted by Gasteiger charge is -2.38. The van der Waals surface area contributed by atoms with E-state index < -0.39 is 0 Å². The van der Waals surface area contributed by atoms with Gasteiger partial charge in [0.2, 0.25) is 5.91 Å². The quantitative estimate of drug-likeness (QED) is 0.388. The molecular formula is C32H43N7O3. The Bertz CT molecular complexity index is 1430. The highest BCUT2D eigenvalue weighted by Crippen LogP contribution is 2.36. The summed E-state index contributed by atoms with van der Waals surface area (Å²) in [5.74, 6) is 1.21. The van der Waals surface area contributed by atoms with Crippen LogP contribution in [-0.2, 0) is 17.8 Å². The van der Waals surface area contributed by atoms with Crippen molar-refractivity contribution in [3.05, 3.63) is 59.8 Å². The summed E-state index contributed by atoms with van der Waals surface area (Å²) in [4.78, 5) is 33.2. The molecule has 1 amide bonds. The highest BCUT2D eigenvalue weighted by molar-refractivity contribution is 5.95. The highest BCUT2D eigenvalue weighted by atomic mass is 16.5. The zero-order valence-electron chi connectivity index (χ0n) is 25.5. The largest absolute Gasteiger partial charge is 0.508 e. The normalized spacial score (nSPS) is 16.5. The van der Waals surface area contributed by atoms with Crippen molar-refractivity contribution in [1.29, 1.82) is 0 Å². The molecule has 1 atom stereocenters. The number of benzene rings is 2. The maximum atomic E-state index is 12.7. The molecule has 1 saturated heterocycles. The van der Waals surface area contributed by atoms with Crippen LogP contribution in [0.15, 0.2) is 48.6 Å². The van der Waals surface area contributed by atoms with E-state index in [0.29, 0.717) is 38.7 Å². The van der Waals surface area contributed by atoms with Crippen LogP contribution >= 0.6 is 0 Å². The number of hydrogen-bond donors (Lipinski definition) is 1. The van der Waals surface area contributed by atoms with Crippen LogP contribution in [0.1, 0.15) is 18.2 Å². The molecule has 10 heteroatoms. The number of amides is 1. The molecule has 0 aliphatic carbocycles. The Morgan fingerprint density at radius 1 is 1.02 bits per heavy atom. The fourth-order valence-electron chi connectivity index (χ4n) is 5.78. The van der Waals surface area contributed by atoms with Gasteiger partial charge in [-0.15, -0.1) is 0 Å². The molecule has 0 spiro atoms. The van der Waals surface area contributed by atoms with E-state index in [4.69, 9.17) is 14.7 Å². The Labute approximate surface area is 248 Å². The molecule has 2 aromatic carbocycles. The first kappa shape index (κ1) is 29.6. The number of piperazine rings is 1. The van der Waals surface area contributed by atoms with Crippen molar-refractivity contribution in [2.24, 2.45) is 0 Å². The number of fused-ring (bicyclic) bond motifs is 2. The van der Waals surface area contributed by atoms with E-state index in [1.165, 1.54) is 0 Å². The molecule has 224 valence electrons. The molecule has 1 N–H and O–H groups in total. The van der Waals surface area contributed by atoms with Gasteiger partial charge in [-0.25, -0.2) is 0 Å². The van der Waals surface area contributed by atoms with Gasteiger partial charge in [0, 0.05) is 74.6 Å². The van der Waals surface area contributed by atoms with E-state index >= 15 is 0 Å². The van der Waals surface area contributed by atoms with E-state index in [2.05, 4.69) is 20.8 Å². The zero-order chi connectivity index (χ0) is 29.8. The summed E-state index contributed by atoms with van der Waals surface area (Å²) in [6.07, 6.45) is 4.29. The van der Waals surface area contributed by atoms with Gasteiger partial charge in [-0.2, -0.15) is 9.97 Å². The van der Waals surface area contributed by atoms with Crippen LogP contribution in [0.25, 0.3) is 10.8 Å². The van der Waals surface area contributed by atoms with Gasteiger partial charge in [0.1, 0.15) is 17.7 Å². The molecule has 3 aromatic rings. The Hall–Kier alpha value is -3.89. The number of phenolic OH excluding ortho intramolecular Hbond substituents is 1. The minimum atomic E-state index is -0.0796. The van der Waals surface area contributed by atoms with Gasteiger partial charge in [-0.05, 0) is 53.0 Å². The number of aromatic nitrogens is 2. The number of carbonyl (C=O) groups is 1. The predicted octanol–water partition coefficient (Wildman–Crippen LogP) is 2.99. The summed E-state index contributed by atoms with van der Waals surface area (Å²) in [5, 5.41) is 12.6. The van der Waals surface area contributed by atoms with Gasteiger partial charge in [0.05, 0.1) is 12.2 Å². The van der Waals surface area contributed by atoms with Crippen LogP contribution in [0.2, 0.25) is 0 Å². The summed E-state index contributed by atoms with van der Waals surface area (Å²) in [6, 6.07) is 12.2. The molecule has 0 bridgehead atoms. The minimum absolute atomic E-state index is 0.0525. The minimum Gasteiger partial charge on any atom is -0.508 e. The average molecular weight is 574 g/mol. The topological polar surface area (TPSA) is 88.5 Å². The maximum Gasteiger partial charge on any atom is 0.318 e. The van der Waals surface area contributed by atoms with Crippen molar-refractivity contribution in [2.45, 2.75) is 26.0 Å². The molecule has 2 aliphatic heterocycles. The first-order chi connectivity index (χ1) is 20.2. The molecule has 1 aromatic heterocycles. The number of anilines is 2. The standard InChI is InChI=1S/C32H43N7O3/c1-23(21-36(4)5)42-32-33-28-22-39(29-20-25(40)19-24-9-6-7-10-26(24)29)14-12-27(28)31(34-32)38-17-15-37(16-18-38)30(41)11-8-13-35(2)3/h6-11,19-20,23,40H,12-18,21-22H2,1-5H3/b11-8+. The zero-order valence-corrected chi connectivity index (χ0v) is 25.5. The molecule has 0 radical (unpaired) electrons. The second-order valence-corrected chi connectivity index (χ2v) is 11.8. The fourth-order valence-corrected chi connectivity index (χ4v) is 5.78. The number of ether oxygens (including phenoxy) is 1. The molecule has 10 nitrogen and oxygen atoms in total. The summed E-state index contributed by atoms with van der Waals surface area (Å²) >= 11 is 0. The van der Waals surface area contributed by atoms with Gasteiger partial charge in [0.15, 0.2) is 0 Å². The van der Waals surface area contributed by atoms with Gasteiger partial charge < -0.3 is 34.3 Å². The van der Waals surface area contributed by atoms with Gasteiger partial charge in [0.25, 0.3) is 0 Å². The van der Waals surface area contributed by atoms with E-state index in [1.807, 2.05) is 75.3 Å². The van der Waals surface area contributed by atoms with Gasteiger partial charge in [-0.3, -0.25) is 4.79 Å². The van der Waals surface area contributed by atoms with Crippen LogP contribution in [0.5, 0.6) is 11.8 Å². The smallest absolute Gasteiger partial charge is 0.318 e. The number of likely N-dealkylation sites (N-methyl/N-ethyl adjacent to an activating group) is 2. The molecule has 5 rings (SSSR count). The van der Waals surface area contributed by atoms with Crippen molar-refractivity contribution >= 4 is 28.2 Å². The Morgan fingerprint density at radius 2 is 1.79 bits per heavy atom. The summed E-state index contributed by atoms with van der Waals surface area (Å²) in [6.45, 7) is 7.56. The maximum absolute atomic E-state index is 12.7. The Kier molecular flexibility index (Phi) is 9.13. The fraction of sp³-hybridized carbons (Fsp3) is 0.469. The van der Waals surface area contributed by atoms with Crippen molar-refractivity contribution < 1.29 is 14.6 Å². The number of phenols is 1. The number of rotatable bonds is 9. The van der Waals surface area contributed by atoms with Gasteiger partial charge in [-0.1, -0.05) is 30.3 Å². The van der Waals surface area contributed by atoms with Gasteiger partial charge >= 0.3 is 6.01 Å². The highest BCUT2D eigenvalue weighted by Gasteiger charge is 2.29. The van der Waals surface area contributed by atoms with E-state index in [1.54, 1.807) is 12.1 Å². The molecule has 1 unspecified atom stereocenters. The van der Waals surface area contributed by atoms with Crippen LogP contribution in [-0.4, -0.2) is 116 Å². The Balaban J connectivity index is 1.41. The summed E-state index contributed by atoms with van der Waals surface area (Å²) < 4.78 is 6.25. The van der Waals surface area contributed by atoms with Crippen molar-refractivity contribution in [3.63, 3.8) is 0 Å². The van der Waals surface area contributed by atoms with E-state index in [0.717, 1.165) is 59.6 Å². The van der Waals surface area contributed by atoms with Crippen molar-refractivity contribution in [2.75, 3.05) is 83.8 Å². The second-order valence-electron chi connectivity index (χ2n) is 11.8. The van der Waals surface area contributed by atoms with Crippen LogP contribution in [0.4, 0.5) is 11.5 Å². The molecular weight excluding hydrogens is 530 g/mol. The summed E-state index contributed by atoms with van der Waals surface area (Å²) in [5.41, 5.74) is 3.07. The number of carbonyl (C=O) groups excluding carboxylic acids is 1. The number of nitrogens with zero attached hydrogens (tertiary/aromatic N) is 7. The lowest BCUT2D eigenvalue weighted by molar-refractivity contribution is -0.126. The van der Waals surface area contributed by atoms with Crippen molar-refractivity contribution in [3.8, 4) is 11.8 Å².